The first-order valence-corrected chi connectivity index (χ1v) is 11.5. The molecule has 0 aliphatic rings. The highest BCUT2D eigenvalue weighted by Crippen LogP contribution is 2.31. The Morgan fingerprint density at radius 2 is 1.78 bits per heavy atom. The number of benzene rings is 2. The Morgan fingerprint density at radius 3 is 2.47 bits per heavy atom. The smallest absolute Gasteiger partial charge is 0.323 e. The number of amides is 2. The third kappa shape index (κ3) is 5.32. The van der Waals surface area contributed by atoms with Crippen molar-refractivity contribution in [1.29, 1.82) is 0 Å². The molecule has 2 heterocycles. The van der Waals surface area contributed by atoms with Gasteiger partial charge in [-0.2, -0.15) is 5.10 Å². The van der Waals surface area contributed by atoms with E-state index in [4.69, 9.17) is 27.9 Å². The number of anilines is 2. The quantitative estimate of drug-likeness (QED) is 0.316. The molecular weight excluding hydrogens is 508 g/mol. The topological polar surface area (TPSA) is 98.1 Å². The van der Waals surface area contributed by atoms with Crippen LogP contribution < -0.4 is 20.9 Å². The number of hydrogen-bond acceptors (Lipinski definition) is 5. The molecule has 0 atom stereocenters. The second-order valence-electron chi connectivity index (χ2n) is 7.55. The molecule has 2 aromatic heterocycles. The minimum atomic E-state index is -0.728. The zero-order chi connectivity index (χ0) is 25.8. The summed E-state index contributed by atoms with van der Waals surface area (Å²) in [5, 5.41) is 9.73. The maximum atomic E-state index is 14.5. The highest BCUT2D eigenvalue weighted by Gasteiger charge is 2.16. The van der Waals surface area contributed by atoms with Crippen LogP contribution in [0.25, 0.3) is 22.4 Å². The predicted molar refractivity (Wildman–Crippen MR) is 138 cm³/mol. The summed E-state index contributed by atoms with van der Waals surface area (Å²) >= 11 is 12.1. The summed E-state index contributed by atoms with van der Waals surface area (Å²) in [5.74, 6) is 0.105. The molecule has 4 rings (SSSR count). The summed E-state index contributed by atoms with van der Waals surface area (Å²) in [5.41, 5.74) is 1.59. The van der Waals surface area contributed by atoms with Gasteiger partial charge in [0.1, 0.15) is 17.3 Å². The predicted octanol–water partition coefficient (Wildman–Crippen LogP) is 6.09. The molecule has 0 aliphatic carbocycles. The zero-order valence-corrected chi connectivity index (χ0v) is 20.7. The van der Waals surface area contributed by atoms with Gasteiger partial charge in [-0.1, -0.05) is 41.4 Å². The average Bonchev–Trinajstić information content (AvgIpc) is 2.88. The minimum Gasteiger partial charge on any atom is -0.497 e. The van der Waals surface area contributed by atoms with Crippen molar-refractivity contribution in [3.8, 4) is 28.1 Å². The monoisotopic (exact) mass is 527 g/mol. The first-order valence-electron chi connectivity index (χ1n) is 10.7. The number of methoxy groups -OCH3 is 1. The van der Waals surface area contributed by atoms with Crippen molar-refractivity contribution >= 4 is 40.6 Å². The lowest BCUT2D eigenvalue weighted by Gasteiger charge is -2.13. The molecule has 0 unspecified atom stereocenters. The Morgan fingerprint density at radius 1 is 1.06 bits per heavy atom. The number of aryl methyl sites for hydroxylation is 1. The van der Waals surface area contributed by atoms with Gasteiger partial charge in [0.15, 0.2) is 0 Å². The van der Waals surface area contributed by atoms with Crippen molar-refractivity contribution < 1.29 is 13.9 Å². The van der Waals surface area contributed by atoms with Crippen molar-refractivity contribution in [1.82, 2.24) is 14.8 Å². The van der Waals surface area contributed by atoms with E-state index in [1.807, 2.05) is 0 Å². The molecule has 184 valence electrons. The van der Waals surface area contributed by atoms with Gasteiger partial charge >= 0.3 is 6.03 Å². The maximum Gasteiger partial charge on any atom is 0.323 e. The molecule has 0 saturated heterocycles. The Bertz CT molecular complexity index is 1490. The maximum absolute atomic E-state index is 14.5. The van der Waals surface area contributed by atoms with Gasteiger partial charge in [-0.25, -0.2) is 13.9 Å². The van der Waals surface area contributed by atoms with Crippen LogP contribution in [0.2, 0.25) is 10.0 Å². The zero-order valence-electron chi connectivity index (χ0n) is 19.2. The number of ether oxygens (including phenoxy) is 1. The SMILES string of the molecule is CCn1nc(-c2cccc(-c3cc(OC)ccc3F)c2)cc(NC(=O)Nc2c(Cl)cncc2Cl)c1=O. The second kappa shape index (κ2) is 10.8. The molecule has 0 spiro atoms. The number of urea groups is 1. The van der Waals surface area contributed by atoms with Crippen LogP contribution in [-0.4, -0.2) is 27.9 Å². The van der Waals surface area contributed by atoms with Gasteiger partial charge in [0.25, 0.3) is 5.56 Å². The van der Waals surface area contributed by atoms with Crippen LogP contribution in [0.5, 0.6) is 5.75 Å². The molecule has 4 aromatic rings. The number of carbonyl (C=O) groups is 1. The van der Waals surface area contributed by atoms with E-state index in [2.05, 4.69) is 20.7 Å². The molecule has 0 saturated carbocycles. The normalized spacial score (nSPS) is 10.7. The van der Waals surface area contributed by atoms with E-state index in [1.165, 1.54) is 42.4 Å². The summed E-state index contributed by atoms with van der Waals surface area (Å²) in [4.78, 5) is 29.3. The molecule has 2 amide bonds. The van der Waals surface area contributed by atoms with Crippen LogP contribution in [0.4, 0.5) is 20.6 Å². The molecule has 8 nitrogen and oxygen atoms in total. The molecule has 0 radical (unpaired) electrons. The number of aromatic nitrogens is 3. The third-order valence-electron chi connectivity index (χ3n) is 5.26. The van der Waals surface area contributed by atoms with E-state index in [9.17, 15) is 14.0 Å². The summed E-state index contributed by atoms with van der Waals surface area (Å²) in [7, 11) is 1.51. The lowest BCUT2D eigenvalue weighted by molar-refractivity contribution is 0.262. The average molecular weight is 528 g/mol. The minimum absolute atomic E-state index is 0.0152. The lowest BCUT2D eigenvalue weighted by atomic mass is 10.0. The van der Waals surface area contributed by atoms with Gasteiger partial charge in [-0.3, -0.25) is 9.78 Å². The fourth-order valence-electron chi connectivity index (χ4n) is 3.48. The first-order chi connectivity index (χ1) is 17.3. The number of halogens is 3. The number of pyridine rings is 1. The first kappa shape index (κ1) is 25.2. The lowest BCUT2D eigenvalue weighted by Crippen LogP contribution is -2.29. The van der Waals surface area contributed by atoms with E-state index in [1.54, 1.807) is 37.3 Å². The highest BCUT2D eigenvalue weighted by atomic mass is 35.5. The fourth-order valence-corrected chi connectivity index (χ4v) is 3.94. The van der Waals surface area contributed by atoms with Crippen LogP contribution in [0.15, 0.2) is 65.7 Å². The summed E-state index contributed by atoms with van der Waals surface area (Å²) in [6.45, 7) is 2.01. The van der Waals surface area contributed by atoms with E-state index in [-0.39, 0.29) is 28.0 Å². The van der Waals surface area contributed by atoms with Gasteiger partial charge in [-0.05, 0) is 42.8 Å². The van der Waals surface area contributed by atoms with Gasteiger partial charge < -0.3 is 15.4 Å². The summed E-state index contributed by atoms with van der Waals surface area (Å²) in [6.07, 6.45) is 2.66. The van der Waals surface area contributed by atoms with E-state index < -0.39 is 17.4 Å². The summed E-state index contributed by atoms with van der Waals surface area (Å²) < 4.78 is 21.0. The summed E-state index contributed by atoms with van der Waals surface area (Å²) in [6, 6.07) is 12.2. The van der Waals surface area contributed by atoms with Crippen molar-refractivity contribution in [3.63, 3.8) is 0 Å². The fraction of sp³-hybridized carbons (Fsp3) is 0.120. The molecule has 2 N–H and O–H groups in total. The van der Waals surface area contributed by atoms with Crippen molar-refractivity contribution in [3.05, 3.63) is 87.1 Å². The standard InChI is InChI=1S/C25H20Cl2FN5O3/c1-3-33-24(34)22(30-25(35)31-23-18(26)12-29-13-19(23)27)11-21(32-33)15-6-4-5-14(9-15)17-10-16(36-2)7-8-20(17)28/h4-13H,3H2,1-2H3,(H2,29,30,31,35). The van der Waals surface area contributed by atoms with Gasteiger partial charge in [0.2, 0.25) is 0 Å². The Hall–Kier alpha value is -3.95. The number of rotatable bonds is 6. The van der Waals surface area contributed by atoms with Crippen molar-refractivity contribution in [2.75, 3.05) is 17.7 Å². The van der Waals surface area contributed by atoms with Crippen molar-refractivity contribution in [2.24, 2.45) is 0 Å². The number of nitrogens with zero attached hydrogens (tertiary/aromatic N) is 3. The highest BCUT2D eigenvalue weighted by molar-refractivity contribution is 6.39. The molecule has 0 fully saturated rings. The third-order valence-corrected chi connectivity index (χ3v) is 5.83. The van der Waals surface area contributed by atoms with Gasteiger partial charge in [0.05, 0.1) is 28.5 Å². The molecular formula is C25H20Cl2FN5O3. The van der Waals surface area contributed by atoms with E-state index >= 15 is 0 Å². The second-order valence-corrected chi connectivity index (χ2v) is 8.36. The Kier molecular flexibility index (Phi) is 7.52. The molecule has 2 aromatic carbocycles. The number of nitrogens with one attached hydrogen (secondary N) is 2. The number of hydrogen-bond donors (Lipinski definition) is 2. The largest absolute Gasteiger partial charge is 0.497 e. The van der Waals surface area contributed by atoms with Gasteiger partial charge in [0, 0.05) is 30.1 Å². The molecule has 0 aliphatic heterocycles. The van der Waals surface area contributed by atoms with Crippen LogP contribution >= 0.6 is 23.2 Å². The van der Waals surface area contributed by atoms with Crippen LogP contribution in [0.3, 0.4) is 0 Å². The van der Waals surface area contributed by atoms with Gasteiger partial charge in [-0.15, -0.1) is 0 Å². The van der Waals surface area contributed by atoms with Crippen LogP contribution in [-0.2, 0) is 6.54 Å². The molecule has 36 heavy (non-hydrogen) atoms. The van der Waals surface area contributed by atoms with Crippen molar-refractivity contribution in [2.45, 2.75) is 13.5 Å². The Labute approximate surface area is 215 Å². The van der Waals surface area contributed by atoms with Crippen LogP contribution in [0, 0.1) is 5.82 Å². The van der Waals surface area contributed by atoms with Crippen LogP contribution in [0.1, 0.15) is 6.92 Å². The number of carbonyl (C=O) groups excluding carboxylic acids is 1. The van der Waals surface area contributed by atoms with E-state index in [0.717, 1.165) is 0 Å². The molecule has 0 bridgehead atoms. The van der Waals surface area contributed by atoms with E-state index in [0.29, 0.717) is 28.1 Å². The Balaban J connectivity index is 1.70. The molecule has 11 heteroatoms.